The van der Waals surface area contributed by atoms with E-state index in [1.54, 1.807) is 37.2 Å². The molecule has 1 radical (unpaired) electrons. The van der Waals surface area contributed by atoms with Crippen LogP contribution in [0.2, 0.25) is 0 Å². The molecule has 0 aliphatic carbocycles. The molecule has 0 N–H and O–H groups in total. The first-order chi connectivity index (χ1) is 23.9. The van der Waals surface area contributed by atoms with Crippen LogP contribution in [0.1, 0.15) is 83.1 Å². The van der Waals surface area contributed by atoms with Gasteiger partial charge in [-0.2, -0.15) is 0 Å². The Morgan fingerprint density at radius 2 is 0.347 bits per heavy atom. The van der Waals surface area contributed by atoms with Crippen molar-refractivity contribution in [2.24, 2.45) is 0 Å². The molecule has 267 valence electrons. The third-order valence-corrected chi connectivity index (χ3v) is 4.78. The second-order valence-electron chi connectivity index (χ2n) is 7.29. The first-order valence-electron chi connectivity index (χ1n) is 17.4. The van der Waals surface area contributed by atoms with Crippen molar-refractivity contribution < 1.29 is 16.8 Å². The Kier molecular flexibility index (Phi) is 43.3. The topological polar surface area (TPSA) is 77.3 Å². The van der Waals surface area contributed by atoms with Crippen LogP contribution in [0, 0.1) is 0 Å². The molecule has 6 aromatic heterocycles. The van der Waals surface area contributed by atoms with Gasteiger partial charge in [-0.3, -0.25) is 29.9 Å². The van der Waals surface area contributed by atoms with Crippen LogP contribution in [0.25, 0.3) is 34.2 Å². The molecule has 0 unspecified atom stereocenters. The summed E-state index contributed by atoms with van der Waals surface area (Å²) in [5, 5.41) is 0. The van der Waals surface area contributed by atoms with Crippen LogP contribution < -0.4 is 0 Å². The van der Waals surface area contributed by atoms with E-state index in [1.165, 1.54) is 0 Å². The Labute approximate surface area is 309 Å². The third kappa shape index (κ3) is 24.2. The molecule has 0 aromatic carbocycles. The van der Waals surface area contributed by atoms with E-state index < -0.39 is 0 Å². The largest absolute Gasteiger partial charge is 0.255 e. The molecule has 6 nitrogen and oxygen atoms in total. The minimum absolute atomic E-state index is 0. The third-order valence-electron chi connectivity index (χ3n) is 4.78. The molecule has 0 atom stereocenters. The van der Waals surface area contributed by atoms with Crippen LogP contribution in [0.3, 0.4) is 0 Å². The molecule has 49 heavy (non-hydrogen) atoms. The fourth-order valence-electron chi connectivity index (χ4n) is 3.09. The van der Waals surface area contributed by atoms with Crippen LogP contribution in [-0.4, -0.2) is 29.9 Å². The molecule has 0 fully saturated rings. The van der Waals surface area contributed by atoms with Crippen molar-refractivity contribution in [3.63, 3.8) is 0 Å². The number of aromatic nitrogens is 6. The van der Waals surface area contributed by atoms with Gasteiger partial charge in [0.15, 0.2) is 0 Å². The standard InChI is InChI=1S/3C10H8N2.6C2H6.Co/c3*1-3-7-11-9(5-1)10-6-2-4-8-12-10;6*1-2;/h3*1-8H;6*1-2H3;. The number of nitrogens with zero attached hydrogens (tertiary/aromatic N) is 6. The van der Waals surface area contributed by atoms with Crippen LogP contribution >= 0.6 is 0 Å². The van der Waals surface area contributed by atoms with Crippen molar-refractivity contribution in [3.05, 3.63) is 146 Å². The van der Waals surface area contributed by atoms with E-state index in [2.05, 4.69) is 29.9 Å². The van der Waals surface area contributed by atoms with E-state index in [1.807, 2.05) is 192 Å². The zero-order valence-corrected chi connectivity index (χ0v) is 32.9. The van der Waals surface area contributed by atoms with Gasteiger partial charge in [0, 0.05) is 54.0 Å². The van der Waals surface area contributed by atoms with Crippen LogP contribution in [-0.2, 0) is 16.8 Å². The van der Waals surface area contributed by atoms with Crippen LogP contribution in [0.4, 0.5) is 0 Å². The number of pyridine rings is 6. The Balaban J connectivity index is -0.000000266. The van der Waals surface area contributed by atoms with Gasteiger partial charge in [-0.25, -0.2) is 0 Å². The van der Waals surface area contributed by atoms with Gasteiger partial charge in [0.2, 0.25) is 0 Å². The zero-order valence-electron chi connectivity index (χ0n) is 31.9. The monoisotopic (exact) mass is 707 g/mol. The second-order valence-corrected chi connectivity index (χ2v) is 7.29. The van der Waals surface area contributed by atoms with Crippen molar-refractivity contribution in [1.82, 2.24) is 29.9 Å². The van der Waals surface area contributed by atoms with Crippen molar-refractivity contribution in [2.75, 3.05) is 0 Å². The van der Waals surface area contributed by atoms with Crippen LogP contribution in [0.5, 0.6) is 0 Å². The first-order valence-corrected chi connectivity index (χ1v) is 17.4. The molecule has 7 heteroatoms. The molecule has 6 aromatic rings. The summed E-state index contributed by atoms with van der Waals surface area (Å²) in [7, 11) is 0. The average molecular weight is 708 g/mol. The molecule has 0 saturated heterocycles. The molecule has 6 heterocycles. The number of hydrogen-bond acceptors (Lipinski definition) is 6. The molecule has 0 aliphatic heterocycles. The molecular weight excluding hydrogens is 647 g/mol. The zero-order chi connectivity index (χ0) is 36.7. The minimum Gasteiger partial charge on any atom is -0.255 e. The van der Waals surface area contributed by atoms with E-state index in [-0.39, 0.29) is 16.8 Å². The quantitative estimate of drug-likeness (QED) is 0.182. The smallest absolute Gasteiger partial charge is 0.0886 e. The Morgan fingerprint density at radius 1 is 0.224 bits per heavy atom. The fraction of sp³-hybridized carbons (Fsp3) is 0.286. The predicted molar refractivity (Wildman–Crippen MR) is 210 cm³/mol. The van der Waals surface area contributed by atoms with Gasteiger partial charge in [-0.05, 0) is 72.8 Å². The van der Waals surface area contributed by atoms with E-state index in [4.69, 9.17) is 0 Å². The Morgan fingerprint density at radius 3 is 0.429 bits per heavy atom. The van der Waals surface area contributed by atoms with Gasteiger partial charge in [0.1, 0.15) is 0 Å². The molecule has 0 saturated carbocycles. The molecule has 0 amide bonds. The summed E-state index contributed by atoms with van der Waals surface area (Å²) < 4.78 is 0. The second kappa shape index (κ2) is 41.4. The average Bonchev–Trinajstić information content (AvgIpc) is 3.25. The maximum atomic E-state index is 4.19. The molecule has 6 rings (SSSR count). The predicted octanol–water partition coefficient (Wildman–Crippen LogP) is 12.6. The normalized spacial score (nSPS) is 7.84. The summed E-state index contributed by atoms with van der Waals surface area (Å²) in [6, 6.07) is 34.8. The van der Waals surface area contributed by atoms with Crippen molar-refractivity contribution >= 4 is 0 Å². The summed E-state index contributed by atoms with van der Waals surface area (Å²) >= 11 is 0. The fourth-order valence-corrected chi connectivity index (χ4v) is 3.09. The summed E-state index contributed by atoms with van der Waals surface area (Å²) in [4.78, 5) is 25.1. The van der Waals surface area contributed by atoms with Gasteiger partial charge >= 0.3 is 0 Å². The molecule has 0 aliphatic rings. The molecule has 0 spiro atoms. The maximum Gasteiger partial charge on any atom is 0.0886 e. The Bertz CT molecular complexity index is 1100. The van der Waals surface area contributed by atoms with Gasteiger partial charge in [0.25, 0.3) is 0 Å². The van der Waals surface area contributed by atoms with Crippen LogP contribution in [0.15, 0.2) is 146 Å². The SMILES string of the molecule is CC.CC.CC.CC.CC.CC.[Co].c1ccc(-c2ccccn2)nc1.c1ccc(-c2ccccn2)nc1.c1ccc(-c2ccccn2)nc1. The van der Waals surface area contributed by atoms with E-state index in [0.717, 1.165) is 34.2 Å². The van der Waals surface area contributed by atoms with Crippen molar-refractivity contribution in [3.8, 4) is 34.2 Å². The van der Waals surface area contributed by atoms with Gasteiger partial charge in [0.05, 0.1) is 34.2 Å². The summed E-state index contributed by atoms with van der Waals surface area (Å²) in [6.07, 6.45) is 10.6. The summed E-state index contributed by atoms with van der Waals surface area (Å²) in [6.45, 7) is 24.0. The molecular formula is C42H60CoN6. The maximum absolute atomic E-state index is 4.19. The van der Waals surface area contributed by atoms with Gasteiger partial charge in [-0.1, -0.05) is 119 Å². The van der Waals surface area contributed by atoms with E-state index in [9.17, 15) is 0 Å². The van der Waals surface area contributed by atoms with E-state index >= 15 is 0 Å². The minimum atomic E-state index is 0. The van der Waals surface area contributed by atoms with Gasteiger partial charge in [-0.15, -0.1) is 0 Å². The molecule has 0 bridgehead atoms. The van der Waals surface area contributed by atoms with Crippen molar-refractivity contribution in [1.29, 1.82) is 0 Å². The van der Waals surface area contributed by atoms with Crippen molar-refractivity contribution in [2.45, 2.75) is 83.1 Å². The first kappa shape index (κ1) is 51.2. The Hall–Kier alpha value is -4.59. The summed E-state index contributed by atoms with van der Waals surface area (Å²) in [5.41, 5.74) is 5.49. The summed E-state index contributed by atoms with van der Waals surface area (Å²) in [5.74, 6) is 0. The number of hydrogen-bond donors (Lipinski definition) is 0. The van der Waals surface area contributed by atoms with Gasteiger partial charge < -0.3 is 0 Å². The van der Waals surface area contributed by atoms with E-state index in [0.29, 0.717) is 0 Å². The number of rotatable bonds is 3.